The van der Waals surface area contributed by atoms with Crippen molar-refractivity contribution in [1.29, 1.82) is 0 Å². The Morgan fingerprint density at radius 1 is 1.18 bits per heavy atom. The Morgan fingerprint density at radius 2 is 1.89 bits per heavy atom. The van der Waals surface area contributed by atoms with E-state index < -0.39 is 11.5 Å². The van der Waals surface area contributed by atoms with Crippen molar-refractivity contribution in [1.82, 2.24) is 15.0 Å². The highest BCUT2D eigenvalue weighted by Gasteiger charge is 2.17. The summed E-state index contributed by atoms with van der Waals surface area (Å²) in [6.45, 7) is 3.05. The van der Waals surface area contributed by atoms with Gasteiger partial charge in [0.1, 0.15) is 31.0 Å². The molecule has 1 N–H and O–H groups in total. The van der Waals surface area contributed by atoms with E-state index in [0.29, 0.717) is 53.7 Å². The van der Waals surface area contributed by atoms with Gasteiger partial charge in [-0.1, -0.05) is 5.21 Å². The van der Waals surface area contributed by atoms with Crippen molar-refractivity contribution in [2.24, 2.45) is 0 Å². The van der Waals surface area contributed by atoms with Gasteiger partial charge in [0, 0.05) is 11.8 Å². The number of amides is 1. The molecule has 0 fully saturated rings. The number of hydrogen-bond donors (Lipinski definition) is 1. The molecule has 28 heavy (non-hydrogen) atoms. The van der Waals surface area contributed by atoms with Gasteiger partial charge in [0.15, 0.2) is 11.5 Å². The van der Waals surface area contributed by atoms with Gasteiger partial charge in [-0.05, 0) is 37.3 Å². The van der Waals surface area contributed by atoms with Gasteiger partial charge in [0.2, 0.25) is 5.91 Å². The van der Waals surface area contributed by atoms with Crippen LogP contribution < -0.4 is 25.1 Å². The lowest BCUT2D eigenvalue weighted by atomic mass is 10.2. The molecule has 9 nitrogen and oxygen atoms in total. The van der Waals surface area contributed by atoms with Crippen LogP contribution in [0, 0.1) is 0 Å². The maximum Gasteiger partial charge on any atom is 0.278 e. The van der Waals surface area contributed by atoms with Crippen LogP contribution in [0.25, 0.3) is 10.9 Å². The number of hydrogen-bond acceptors (Lipinski definition) is 7. The van der Waals surface area contributed by atoms with Gasteiger partial charge >= 0.3 is 0 Å². The second-order valence-corrected chi connectivity index (χ2v) is 6.07. The number of anilines is 1. The molecule has 0 atom stereocenters. The van der Waals surface area contributed by atoms with Crippen LogP contribution in [-0.4, -0.2) is 40.7 Å². The van der Waals surface area contributed by atoms with Gasteiger partial charge in [0.05, 0.1) is 12.0 Å². The van der Waals surface area contributed by atoms with Gasteiger partial charge in [0.25, 0.3) is 5.56 Å². The number of nitrogens with one attached hydrogen (secondary N) is 1. The van der Waals surface area contributed by atoms with Crippen LogP contribution in [0.3, 0.4) is 0 Å². The third kappa shape index (κ3) is 3.59. The molecule has 1 aromatic heterocycles. The summed E-state index contributed by atoms with van der Waals surface area (Å²) in [5.41, 5.74) is 0.552. The Morgan fingerprint density at radius 3 is 2.61 bits per heavy atom. The normalized spacial score (nSPS) is 12.6. The molecule has 0 saturated heterocycles. The van der Waals surface area contributed by atoms with E-state index in [-0.39, 0.29) is 6.54 Å². The van der Waals surface area contributed by atoms with E-state index in [1.54, 1.807) is 36.4 Å². The molecule has 0 aliphatic carbocycles. The molecule has 0 bridgehead atoms. The first-order chi connectivity index (χ1) is 13.6. The molecule has 1 amide bonds. The van der Waals surface area contributed by atoms with Crippen molar-refractivity contribution in [2.75, 3.05) is 25.1 Å². The monoisotopic (exact) mass is 382 g/mol. The lowest BCUT2D eigenvalue weighted by Gasteiger charge is -2.18. The molecule has 4 rings (SSSR count). The highest BCUT2D eigenvalue weighted by Crippen LogP contribution is 2.32. The summed E-state index contributed by atoms with van der Waals surface area (Å²) in [7, 11) is 0. The largest absolute Gasteiger partial charge is 0.494 e. The first kappa shape index (κ1) is 17.8. The smallest absolute Gasteiger partial charge is 0.278 e. The summed E-state index contributed by atoms with van der Waals surface area (Å²) in [6, 6.07) is 10.1. The molecular weight excluding hydrogens is 364 g/mol. The molecule has 9 heteroatoms. The number of carbonyl (C=O) groups is 1. The van der Waals surface area contributed by atoms with Crippen molar-refractivity contribution in [2.45, 2.75) is 13.5 Å². The molecular formula is C19H18N4O5. The number of nitrogens with zero attached hydrogens (tertiary/aromatic N) is 3. The number of benzene rings is 2. The van der Waals surface area contributed by atoms with Crippen LogP contribution in [0.2, 0.25) is 0 Å². The first-order valence-corrected chi connectivity index (χ1v) is 8.84. The second-order valence-electron chi connectivity index (χ2n) is 6.07. The standard InChI is InChI=1S/C19H18N4O5/c1-2-26-13-5-3-12(4-6-13)20-18(24)11-23-19(25)14-9-16-17(28-8-7-27-16)10-15(14)21-22-23/h3-6,9-10H,2,7-8,11H2,1H3,(H,20,24). The predicted molar refractivity (Wildman–Crippen MR) is 101 cm³/mol. The van der Waals surface area contributed by atoms with Gasteiger partial charge < -0.3 is 19.5 Å². The fourth-order valence-corrected chi connectivity index (χ4v) is 2.86. The summed E-state index contributed by atoms with van der Waals surface area (Å²) < 4.78 is 17.4. The molecule has 0 radical (unpaired) electrons. The quantitative estimate of drug-likeness (QED) is 0.715. The lowest BCUT2D eigenvalue weighted by molar-refractivity contribution is -0.117. The summed E-state index contributed by atoms with van der Waals surface area (Å²) >= 11 is 0. The van der Waals surface area contributed by atoms with E-state index in [1.807, 2.05) is 6.92 Å². The van der Waals surface area contributed by atoms with E-state index in [9.17, 15) is 9.59 Å². The zero-order valence-corrected chi connectivity index (χ0v) is 15.2. The Hall–Kier alpha value is -3.62. The van der Waals surface area contributed by atoms with E-state index in [0.717, 1.165) is 4.68 Å². The van der Waals surface area contributed by atoms with Crippen molar-refractivity contribution in [3.8, 4) is 17.2 Å². The van der Waals surface area contributed by atoms with Gasteiger partial charge in [-0.25, -0.2) is 4.68 Å². The lowest BCUT2D eigenvalue weighted by Crippen LogP contribution is -2.30. The summed E-state index contributed by atoms with van der Waals surface area (Å²) in [5, 5.41) is 10.9. The molecule has 0 unspecified atom stereocenters. The van der Waals surface area contributed by atoms with Crippen LogP contribution in [-0.2, 0) is 11.3 Å². The fourth-order valence-electron chi connectivity index (χ4n) is 2.86. The molecule has 2 aromatic carbocycles. The molecule has 2 heterocycles. The van der Waals surface area contributed by atoms with Crippen molar-refractivity contribution in [3.05, 3.63) is 46.8 Å². The fraction of sp³-hybridized carbons (Fsp3) is 0.263. The minimum Gasteiger partial charge on any atom is -0.494 e. The topological polar surface area (TPSA) is 105 Å². The maximum absolute atomic E-state index is 12.7. The molecule has 1 aliphatic rings. The summed E-state index contributed by atoms with van der Waals surface area (Å²) in [4.78, 5) is 25.0. The van der Waals surface area contributed by atoms with E-state index in [1.165, 1.54) is 0 Å². The SMILES string of the molecule is CCOc1ccc(NC(=O)Cn2nnc3cc4c(cc3c2=O)OCCO4)cc1. The number of fused-ring (bicyclic) bond motifs is 2. The van der Waals surface area contributed by atoms with Crippen LogP contribution in [0.5, 0.6) is 17.2 Å². The van der Waals surface area contributed by atoms with Crippen LogP contribution in [0.1, 0.15) is 6.92 Å². The Bertz CT molecular complexity index is 1080. The Labute approximate surface area is 159 Å². The highest BCUT2D eigenvalue weighted by atomic mass is 16.6. The molecule has 144 valence electrons. The van der Waals surface area contributed by atoms with Crippen molar-refractivity contribution >= 4 is 22.5 Å². The maximum atomic E-state index is 12.7. The van der Waals surface area contributed by atoms with Crippen LogP contribution in [0.4, 0.5) is 5.69 Å². The first-order valence-electron chi connectivity index (χ1n) is 8.84. The van der Waals surface area contributed by atoms with E-state index in [4.69, 9.17) is 14.2 Å². The summed E-state index contributed by atoms with van der Waals surface area (Å²) in [5.74, 6) is 1.33. The zero-order chi connectivity index (χ0) is 19.5. The van der Waals surface area contributed by atoms with Crippen LogP contribution >= 0.6 is 0 Å². The van der Waals surface area contributed by atoms with Gasteiger partial charge in [-0.2, -0.15) is 0 Å². The molecule has 1 aliphatic heterocycles. The third-order valence-corrected chi connectivity index (χ3v) is 4.13. The highest BCUT2D eigenvalue weighted by molar-refractivity contribution is 5.90. The van der Waals surface area contributed by atoms with E-state index >= 15 is 0 Å². The summed E-state index contributed by atoms with van der Waals surface area (Å²) in [6.07, 6.45) is 0. The Kier molecular flexibility index (Phi) is 4.79. The van der Waals surface area contributed by atoms with Crippen molar-refractivity contribution in [3.63, 3.8) is 0 Å². The number of rotatable bonds is 5. The average Bonchev–Trinajstić information content (AvgIpc) is 2.71. The minimum absolute atomic E-state index is 0.260. The van der Waals surface area contributed by atoms with Crippen LogP contribution in [0.15, 0.2) is 41.2 Å². The molecule has 3 aromatic rings. The zero-order valence-electron chi connectivity index (χ0n) is 15.2. The molecule has 0 saturated carbocycles. The second kappa shape index (κ2) is 7.55. The Balaban J connectivity index is 1.53. The number of carbonyl (C=O) groups excluding carboxylic acids is 1. The average molecular weight is 382 g/mol. The number of ether oxygens (including phenoxy) is 3. The number of aromatic nitrogens is 3. The molecule has 0 spiro atoms. The van der Waals surface area contributed by atoms with Gasteiger partial charge in [-0.3, -0.25) is 9.59 Å². The van der Waals surface area contributed by atoms with Gasteiger partial charge in [-0.15, -0.1) is 5.10 Å². The minimum atomic E-state index is -0.427. The third-order valence-electron chi connectivity index (χ3n) is 4.13. The predicted octanol–water partition coefficient (Wildman–Crippen LogP) is 1.60. The van der Waals surface area contributed by atoms with E-state index in [2.05, 4.69) is 15.6 Å². The van der Waals surface area contributed by atoms with Crippen molar-refractivity contribution < 1.29 is 19.0 Å².